The first-order valence-corrected chi connectivity index (χ1v) is 9.98. The number of aliphatic hydroxyl groups excluding tert-OH is 1. The van der Waals surface area contributed by atoms with E-state index in [1.165, 1.54) is 24.3 Å². The number of aromatic amines is 1. The summed E-state index contributed by atoms with van der Waals surface area (Å²) in [5.41, 5.74) is 0.0948. The topological polar surface area (TPSA) is 132 Å². The molecule has 0 saturated heterocycles. The molecule has 1 amide bonds. The fourth-order valence-corrected chi connectivity index (χ4v) is 3.31. The lowest BCUT2D eigenvalue weighted by Gasteiger charge is -2.12. The molecule has 4 aromatic rings. The fraction of sp³-hybridized carbons (Fsp3) is 0.0400. The van der Waals surface area contributed by atoms with Crippen molar-refractivity contribution in [2.75, 3.05) is 5.32 Å². The van der Waals surface area contributed by atoms with Gasteiger partial charge in [0.05, 0.1) is 16.7 Å². The highest BCUT2D eigenvalue weighted by atomic mass is 16.3. The number of fused-ring (bicyclic) bond motifs is 1. The van der Waals surface area contributed by atoms with Crippen LogP contribution in [0, 0.1) is 6.92 Å². The second-order valence-electron chi connectivity index (χ2n) is 7.33. The average molecular weight is 441 g/mol. The molecule has 0 unspecified atom stereocenters. The quantitative estimate of drug-likeness (QED) is 0.162. The van der Waals surface area contributed by atoms with Crippen molar-refractivity contribution in [3.63, 3.8) is 0 Å². The maximum Gasteiger partial charge on any atom is 0.297 e. The molecule has 0 radical (unpaired) electrons. The first-order chi connectivity index (χ1) is 15.8. The van der Waals surface area contributed by atoms with E-state index in [0.29, 0.717) is 11.0 Å². The number of aromatic nitrogens is 2. The van der Waals surface area contributed by atoms with Gasteiger partial charge in [-0.1, -0.05) is 48.5 Å². The van der Waals surface area contributed by atoms with Crippen LogP contribution in [-0.4, -0.2) is 31.9 Å². The summed E-state index contributed by atoms with van der Waals surface area (Å²) in [6.45, 7) is 1.76. The number of rotatable bonds is 5. The summed E-state index contributed by atoms with van der Waals surface area (Å²) >= 11 is 0. The number of phenolic OH excluding ortho intramolecular Hbond substituents is 1. The van der Waals surface area contributed by atoms with Crippen molar-refractivity contribution < 1.29 is 19.8 Å². The summed E-state index contributed by atoms with van der Waals surface area (Å²) in [5.74, 6) is -3.14. The van der Waals surface area contributed by atoms with E-state index in [2.05, 4.69) is 15.3 Å². The molecule has 8 heteroatoms. The third-order valence-electron chi connectivity index (χ3n) is 4.96. The number of phenols is 1. The van der Waals surface area contributed by atoms with Crippen molar-refractivity contribution in [1.29, 1.82) is 0 Å². The summed E-state index contributed by atoms with van der Waals surface area (Å²) in [4.78, 5) is 45.7. The lowest BCUT2D eigenvalue weighted by molar-refractivity contribution is -0.131. The third-order valence-corrected chi connectivity index (χ3v) is 4.96. The van der Waals surface area contributed by atoms with E-state index in [1.54, 1.807) is 55.5 Å². The van der Waals surface area contributed by atoms with Gasteiger partial charge in [-0.05, 0) is 36.8 Å². The molecule has 33 heavy (non-hydrogen) atoms. The fourth-order valence-electron chi connectivity index (χ4n) is 3.31. The number of nitrogens with one attached hydrogen (secondary N) is 2. The molecule has 164 valence electrons. The zero-order valence-corrected chi connectivity index (χ0v) is 17.5. The number of carbonyl (C=O) groups excluding carboxylic acids is 2. The van der Waals surface area contributed by atoms with Crippen LogP contribution in [0.1, 0.15) is 16.8 Å². The number of aromatic hydroxyl groups is 1. The van der Waals surface area contributed by atoms with Crippen LogP contribution in [-0.2, 0) is 9.59 Å². The Morgan fingerprint density at radius 1 is 0.970 bits per heavy atom. The predicted octanol–water partition coefficient (Wildman–Crippen LogP) is 3.57. The summed E-state index contributed by atoms with van der Waals surface area (Å²) in [6.07, 6.45) is 0. The van der Waals surface area contributed by atoms with Crippen LogP contribution < -0.4 is 10.9 Å². The second kappa shape index (κ2) is 8.80. The highest BCUT2D eigenvalue weighted by molar-refractivity contribution is 6.57. The molecule has 0 fully saturated rings. The van der Waals surface area contributed by atoms with Gasteiger partial charge >= 0.3 is 0 Å². The second-order valence-corrected chi connectivity index (χ2v) is 7.33. The van der Waals surface area contributed by atoms with Gasteiger partial charge in [0.2, 0.25) is 0 Å². The molecule has 0 aliphatic heterocycles. The maximum absolute atomic E-state index is 13.2. The van der Waals surface area contributed by atoms with Crippen molar-refractivity contribution in [3.05, 3.63) is 100.0 Å². The van der Waals surface area contributed by atoms with Crippen LogP contribution in [0.15, 0.2) is 77.6 Å². The Labute approximate surface area is 187 Å². The van der Waals surface area contributed by atoms with Crippen LogP contribution >= 0.6 is 0 Å². The van der Waals surface area contributed by atoms with Crippen LogP contribution in [0.3, 0.4) is 0 Å². The van der Waals surface area contributed by atoms with Gasteiger partial charge in [-0.3, -0.25) is 14.4 Å². The molecule has 4 rings (SSSR count). The van der Waals surface area contributed by atoms with Crippen molar-refractivity contribution in [1.82, 2.24) is 9.97 Å². The molecule has 4 N–H and O–H groups in total. The number of H-pyrrole nitrogens is 1. The monoisotopic (exact) mass is 441 g/mol. The van der Waals surface area contributed by atoms with Gasteiger partial charge in [-0.15, -0.1) is 0 Å². The Morgan fingerprint density at radius 2 is 1.67 bits per heavy atom. The van der Waals surface area contributed by atoms with Crippen molar-refractivity contribution in [2.45, 2.75) is 6.92 Å². The summed E-state index contributed by atoms with van der Waals surface area (Å²) in [7, 11) is 0. The standard InChI is InChI=1S/C25H19N3O5/c1-14-11-12-18(19(29)13-14)28-25(33)23(31)20(22(30)15-7-3-2-4-8-15)21-24(32)27-17-10-6-5-9-16(17)26-21/h2-13,29-30H,1H3,(H,27,32)(H,28,33)/b22-20+. The molecule has 1 heterocycles. The molecule has 8 nitrogen and oxygen atoms in total. The first kappa shape index (κ1) is 21.5. The van der Waals surface area contributed by atoms with E-state index in [4.69, 9.17) is 0 Å². The first-order valence-electron chi connectivity index (χ1n) is 9.98. The Hall–Kier alpha value is -4.72. The predicted molar refractivity (Wildman–Crippen MR) is 125 cm³/mol. The highest BCUT2D eigenvalue weighted by Crippen LogP contribution is 2.27. The number of para-hydroxylation sites is 2. The van der Waals surface area contributed by atoms with Crippen molar-refractivity contribution >= 4 is 39.7 Å². The van der Waals surface area contributed by atoms with Gasteiger partial charge in [0.25, 0.3) is 17.2 Å². The number of anilines is 1. The molecule has 0 aliphatic carbocycles. The number of aliphatic hydroxyl groups is 1. The lowest BCUT2D eigenvalue weighted by Crippen LogP contribution is -2.28. The number of carbonyl (C=O) groups is 2. The van der Waals surface area contributed by atoms with E-state index in [0.717, 1.165) is 5.56 Å². The van der Waals surface area contributed by atoms with Crippen LogP contribution in [0.5, 0.6) is 5.75 Å². The number of nitrogens with zero attached hydrogens (tertiary/aromatic N) is 1. The van der Waals surface area contributed by atoms with Gasteiger partial charge in [0.15, 0.2) is 0 Å². The number of Topliss-reactive ketones (excluding diaryl/α,β-unsaturated/α-hetero) is 1. The molecular weight excluding hydrogens is 422 g/mol. The Morgan fingerprint density at radius 3 is 2.39 bits per heavy atom. The van der Waals surface area contributed by atoms with Crippen LogP contribution in [0.2, 0.25) is 0 Å². The molecular formula is C25H19N3O5. The molecule has 0 bridgehead atoms. The zero-order chi connectivity index (χ0) is 23.5. The Balaban J connectivity index is 1.85. The number of aryl methyl sites for hydroxylation is 1. The third kappa shape index (κ3) is 4.35. The summed E-state index contributed by atoms with van der Waals surface area (Å²) < 4.78 is 0. The molecule has 3 aromatic carbocycles. The molecule has 0 aliphatic rings. The van der Waals surface area contributed by atoms with E-state index >= 15 is 0 Å². The van der Waals surface area contributed by atoms with Crippen LogP contribution in [0.25, 0.3) is 22.4 Å². The van der Waals surface area contributed by atoms with E-state index in [1.807, 2.05) is 0 Å². The van der Waals surface area contributed by atoms with E-state index < -0.39 is 34.3 Å². The number of hydrogen-bond donors (Lipinski definition) is 4. The van der Waals surface area contributed by atoms with Gasteiger partial charge in [-0.2, -0.15) is 0 Å². The lowest BCUT2D eigenvalue weighted by atomic mass is 10.0. The zero-order valence-electron chi connectivity index (χ0n) is 17.5. The minimum Gasteiger partial charge on any atom is -0.506 e. The number of amides is 1. The molecule has 0 spiro atoms. The van der Waals surface area contributed by atoms with Crippen molar-refractivity contribution in [3.8, 4) is 5.75 Å². The van der Waals surface area contributed by atoms with E-state index in [9.17, 15) is 24.6 Å². The number of ketones is 1. The Kier molecular flexibility index (Phi) is 5.73. The molecule has 0 atom stereocenters. The van der Waals surface area contributed by atoms with Gasteiger partial charge < -0.3 is 20.5 Å². The average Bonchev–Trinajstić information content (AvgIpc) is 2.81. The largest absolute Gasteiger partial charge is 0.506 e. The normalized spacial score (nSPS) is 11.7. The molecule has 0 saturated carbocycles. The number of benzene rings is 3. The highest BCUT2D eigenvalue weighted by Gasteiger charge is 2.29. The van der Waals surface area contributed by atoms with Gasteiger partial charge in [-0.25, -0.2) is 4.98 Å². The smallest absolute Gasteiger partial charge is 0.297 e. The Bertz CT molecular complexity index is 1470. The maximum atomic E-state index is 13.2. The SMILES string of the molecule is Cc1ccc(NC(=O)C(=O)/C(=C(/O)c2ccccc2)c2nc3ccccc3[nH]c2=O)c(O)c1. The minimum atomic E-state index is -1.19. The number of hydrogen-bond acceptors (Lipinski definition) is 6. The van der Waals surface area contributed by atoms with E-state index in [-0.39, 0.29) is 17.0 Å². The summed E-state index contributed by atoms with van der Waals surface area (Å²) in [6, 6.07) is 19.2. The molecule has 1 aromatic heterocycles. The van der Waals surface area contributed by atoms with Crippen molar-refractivity contribution in [2.24, 2.45) is 0 Å². The van der Waals surface area contributed by atoms with Gasteiger partial charge in [0, 0.05) is 5.56 Å². The minimum absolute atomic E-state index is 0.0119. The van der Waals surface area contributed by atoms with Crippen LogP contribution in [0.4, 0.5) is 5.69 Å². The van der Waals surface area contributed by atoms with Gasteiger partial charge in [0.1, 0.15) is 22.8 Å². The summed E-state index contributed by atoms with van der Waals surface area (Å²) in [5, 5.41) is 23.3.